The summed E-state index contributed by atoms with van der Waals surface area (Å²) < 4.78 is 4.85. The van der Waals surface area contributed by atoms with Crippen LogP contribution in [-0.2, 0) is 4.74 Å². The number of aliphatic hydroxyl groups excluding tert-OH is 1. The molecule has 0 radical (unpaired) electrons. The van der Waals surface area contributed by atoms with Crippen LogP contribution in [0.15, 0.2) is 0 Å². The summed E-state index contributed by atoms with van der Waals surface area (Å²) in [7, 11) is 5.25. The Morgan fingerprint density at radius 1 is 1.21 bits per heavy atom. The predicted molar refractivity (Wildman–Crippen MR) is 74.7 cm³/mol. The van der Waals surface area contributed by atoms with E-state index >= 15 is 0 Å². The highest BCUT2D eigenvalue weighted by molar-refractivity contribution is 5.42. The molecule has 1 heterocycles. The van der Waals surface area contributed by atoms with Gasteiger partial charge < -0.3 is 25.4 Å². The van der Waals surface area contributed by atoms with Crippen molar-refractivity contribution in [2.75, 3.05) is 56.4 Å². The molecule has 19 heavy (non-hydrogen) atoms. The molecule has 0 aliphatic rings. The maximum atomic E-state index is 9.58. The number of aromatic nitrogens is 3. The van der Waals surface area contributed by atoms with E-state index in [4.69, 9.17) is 4.74 Å². The molecule has 0 aliphatic carbocycles. The van der Waals surface area contributed by atoms with Gasteiger partial charge in [0.25, 0.3) is 0 Å². The number of aliphatic hydroxyl groups is 1. The molecule has 0 fully saturated rings. The fraction of sp³-hybridized carbons (Fsp3) is 0.727. The van der Waals surface area contributed by atoms with E-state index in [2.05, 4.69) is 25.6 Å². The summed E-state index contributed by atoms with van der Waals surface area (Å²) in [5.41, 5.74) is 0. The van der Waals surface area contributed by atoms with Gasteiger partial charge in [0.2, 0.25) is 17.8 Å². The van der Waals surface area contributed by atoms with E-state index in [-0.39, 0.29) is 6.61 Å². The van der Waals surface area contributed by atoms with Crippen LogP contribution >= 0.6 is 0 Å². The van der Waals surface area contributed by atoms with Crippen LogP contribution in [0, 0.1) is 0 Å². The summed E-state index contributed by atoms with van der Waals surface area (Å²) in [6, 6.07) is 0. The third-order valence-corrected chi connectivity index (χ3v) is 2.21. The molecular formula is C11H22N6O2. The Hall–Kier alpha value is -1.67. The minimum atomic E-state index is -0.604. The van der Waals surface area contributed by atoms with Crippen LogP contribution in [-0.4, -0.2) is 67.1 Å². The molecule has 0 saturated heterocycles. The number of nitrogens with one attached hydrogen (secondary N) is 2. The SMILES string of the molecule is CCNc1nc(NCC(O)COC)nc(N(C)C)n1. The van der Waals surface area contributed by atoms with E-state index in [0.29, 0.717) is 24.4 Å². The van der Waals surface area contributed by atoms with E-state index in [0.717, 1.165) is 6.54 Å². The summed E-state index contributed by atoms with van der Waals surface area (Å²) in [5.74, 6) is 1.48. The number of nitrogens with zero attached hydrogens (tertiary/aromatic N) is 4. The molecule has 1 aromatic rings. The summed E-state index contributed by atoms with van der Waals surface area (Å²) in [5, 5.41) is 15.6. The first-order valence-corrected chi connectivity index (χ1v) is 6.15. The molecule has 0 amide bonds. The number of ether oxygens (including phenoxy) is 1. The summed E-state index contributed by atoms with van der Waals surface area (Å²) in [6.07, 6.45) is -0.604. The van der Waals surface area contributed by atoms with Crippen molar-refractivity contribution in [3.05, 3.63) is 0 Å². The van der Waals surface area contributed by atoms with Gasteiger partial charge in [-0.2, -0.15) is 15.0 Å². The highest BCUT2D eigenvalue weighted by Crippen LogP contribution is 2.11. The van der Waals surface area contributed by atoms with Crippen molar-refractivity contribution in [2.24, 2.45) is 0 Å². The van der Waals surface area contributed by atoms with Gasteiger partial charge in [-0.15, -0.1) is 0 Å². The highest BCUT2D eigenvalue weighted by atomic mass is 16.5. The number of rotatable bonds is 8. The minimum Gasteiger partial charge on any atom is -0.389 e. The lowest BCUT2D eigenvalue weighted by Gasteiger charge is -2.15. The maximum Gasteiger partial charge on any atom is 0.231 e. The van der Waals surface area contributed by atoms with Crippen molar-refractivity contribution in [2.45, 2.75) is 13.0 Å². The third-order valence-electron chi connectivity index (χ3n) is 2.21. The second kappa shape index (κ2) is 7.70. The largest absolute Gasteiger partial charge is 0.389 e. The Labute approximate surface area is 113 Å². The molecule has 8 heteroatoms. The van der Waals surface area contributed by atoms with E-state index in [1.54, 1.807) is 12.0 Å². The van der Waals surface area contributed by atoms with Crippen LogP contribution in [0.2, 0.25) is 0 Å². The third kappa shape index (κ3) is 5.23. The second-order valence-corrected chi connectivity index (χ2v) is 4.20. The quantitative estimate of drug-likeness (QED) is 0.597. The van der Waals surface area contributed by atoms with E-state index in [1.807, 2.05) is 21.0 Å². The van der Waals surface area contributed by atoms with Gasteiger partial charge >= 0.3 is 0 Å². The van der Waals surface area contributed by atoms with Gasteiger partial charge in [0.15, 0.2) is 0 Å². The lowest BCUT2D eigenvalue weighted by molar-refractivity contribution is 0.0726. The molecule has 0 aliphatic heterocycles. The average molecular weight is 270 g/mol. The van der Waals surface area contributed by atoms with Crippen molar-refractivity contribution < 1.29 is 9.84 Å². The molecule has 1 atom stereocenters. The van der Waals surface area contributed by atoms with Crippen molar-refractivity contribution in [1.29, 1.82) is 0 Å². The van der Waals surface area contributed by atoms with E-state index in [9.17, 15) is 5.11 Å². The standard InChI is InChI=1S/C11H22N6O2/c1-5-12-9-14-10(13-6-8(18)7-19-4)16-11(15-9)17(2)3/h8,18H,5-7H2,1-4H3,(H2,12,13,14,15,16). The summed E-state index contributed by atoms with van der Waals surface area (Å²) >= 11 is 0. The van der Waals surface area contributed by atoms with Crippen LogP contribution < -0.4 is 15.5 Å². The zero-order valence-corrected chi connectivity index (χ0v) is 11.8. The number of hydrogen-bond donors (Lipinski definition) is 3. The van der Waals surface area contributed by atoms with Gasteiger partial charge in [0.1, 0.15) is 0 Å². The van der Waals surface area contributed by atoms with Crippen LogP contribution in [0.4, 0.5) is 17.8 Å². The van der Waals surface area contributed by atoms with Gasteiger partial charge in [0, 0.05) is 34.3 Å². The van der Waals surface area contributed by atoms with E-state index < -0.39 is 6.10 Å². The fourth-order valence-corrected chi connectivity index (χ4v) is 1.34. The van der Waals surface area contributed by atoms with Crippen molar-refractivity contribution in [1.82, 2.24) is 15.0 Å². The van der Waals surface area contributed by atoms with Gasteiger partial charge in [-0.1, -0.05) is 0 Å². The fourth-order valence-electron chi connectivity index (χ4n) is 1.34. The number of anilines is 3. The minimum absolute atomic E-state index is 0.263. The zero-order valence-electron chi connectivity index (χ0n) is 11.8. The molecule has 8 nitrogen and oxygen atoms in total. The van der Waals surface area contributed by atoms with E-state index in [1.165, 1.54) is 0 Å². The average Bonchev–Trinajstić information content (AvgIpc) is 2.37. The lowest BCUT2D eigenvalue weighted by Crippen LogP contribution is -2.25. The van der Waals surface area contributed by atoms with Crippen molar-refractivity contribution in [3.8, 4) is 0 Å². The molecule has 1 unspecified atom stereocenters. The number of methoxy groups -OCH3 is 1. The Morgan fingerprint density at radius 2 is 1.84 bits per heavy atom. The van der Waals surface area contributed by atoms with Gasteiger partial charge in [-0.05, 0) is 6.92 Å². The summed E-state index contributed by atoms with van der Waals surface area (Å²) in [4.78, 5) is 14.5. The first-order chi connectivity index (χ1) is 9.06. The Kier molecular flexibility index (Phi) is 6.23. The van der Waals surface area contributed by atoms with Crippen LogP contribution in [0.5, 0.6) is 0 Å². The molecule has 0 spiro atoms. The highest BCUT2D eigenvalue weighted by Gasteiger charge is 2.09. The van der Waals surface area contributed by atoms with Crippen LogP contribution in [0.1, 0.15) is 6.92 Å². The Bertz CT molecular complexity index is 387. The lowest BCUT2D eigenvalue weighted by atomic mass is 10.4. The van der Waals surface area contributed by atoms with Crippen LogP contribution in [0.25, 0.3) is 0 Å². The van der Waals surface area contributed by atoms with Gasteiger partial charge in [-0.3, -0.25) is 0 Å². The topological polar surface area (TPSA) is 95.4 Å². The molecule has 3 N–H and O–H groups in total. The van der Waals surface area contributed by atoms with Gasteiger partial charge in [-0.25, -0.2) is 0 Å². The molecular weight excluding hydrogens is 248 g/mol. The molecule has 0 saturated carbocycles. The maximum absolute atomic E-state index is 9.58. The summed E-state index contributed by atoms with van der Waals surface area (Å²) in [6.45, 7) is 3.27. The normalized spacial score (nSPS) is 12.1. The molecule has 108 valence electrons. The van der Waals surface area contributed by atoms with Crippen LogP contribution in [0.3, 0.4) is 0 Å². The van der Waals surface area contributed by atoms with Crippen molar-refractivity contribution >= 4 is 17.8 Å². The predicted octanol–water partition coefficient (Wildman–Crippen LogP) is -0.211. The van der Waals surface area contributed by atoms with Gasteiger partial charge in [0.05, 0.1) is 12.7 Å². The molecule has 1 aromatic heterocycles. The Morgan fingerprint density at radius 3 is 2.37 bits per heavy atom. The monoisotopic (exact) mass is 270 g/mol. The first-order valence-electron chi connectivity index (χ1n) is 6.15. The number of hydrogen-bond acceptors (Lipinski definition) is 8. The molecule has 0 bridgehead atoms. The second-order valence-electron chi connectivity index (χ2n) is 4.20. The Balaban J connectivity index is 2.75. The first kappa shape index (κ1) is 15.4. The zero-order chi connectivity index (χ0) is 14.3. The molecule has 1 rings (SSSR count). The van der Waals surface area contributed by atoms with Crippen molar-refractivity contribution in [3.63, 3.8) is 0 Å². The smallest absolute Gasteiger partial charge is 0.231 e. The molecule has 0 aromatic carbocycles.